The number of halogens is 2. The van der Waals surface area contributed by atoms with Crippen LogP contribution in [0.2, 0.25) is 0 Å². The molecule has 2 atom stereocenters. The summed E-state index contributed by atoms with van der Waals surface area (Å²) in [4.78, 5) is 51.9. The fourth-order valence-electron chi connectivity index (χ4n) is 4.20. The lowest BCUT2D eigenvalue weighted by Gasteiger charge is -2.29. The van der Waals surface area contributed by atoms with Crippen molar-refractivity contribution in [1.29, 1.82) is 0 Å². The Morgan fingerprint density at radius 3 is 2.78 bits per heavy atom. The topological polar surface area (TPSA) is 98.8 Å². The van der Waals surface area contributed by atoms with Gasteiger partial charge in [0.1, 0.15) is 17.7 Å². The summed E-state index contributed by atoms with van der Waals surface area (Å²) in [5.74, 6) is -2.53. The average molecular weight is 444 g/mol. The number of fused-ring (bicyclic) bond motifs is 1. The highest BCUT2D eigenvalue weighted by molar-refractivity contribution is 6.05. The van der Waals surface area contributed by atoms with Gasteiger partial charge >= 0.3 is 6.03 Å². The Balaban J connectivity index is 1.45. The van der Waals surface area contributed by atoms with Gasteiger partial charge in [0, 0.05) is 44.6 Å². The number of imide groups is 1. The molecule has 2 N–H and O–H groups in total. The summed E-state index contributed by atoms with van der Waals surface area (Å²) in [6, 6.07) is 3.12. The van der Waals surface area contributed by atoms with Crippen molar-refractivity contribution in [2.24, 2.45) is 0 Å². The Hall–Kier alpha value is -3.56. The minimum Gasteiger partial charge on any atom is -0.331 e. The first-order valence-electron chi connectivity index (χ1n) is 10.2. The first kappa shape index (κ1) is 21.7. The second-order valence-corrected chi connectivity index (χ2v) is 8.10. The van der Waals surface area contributed by atoms with Crippen LogP contribution in [0.25, 0.3) is 0 Å². The molecule has 5 amide bonds. The van der Waals surface area contributed by atoms with Crippen LogP contribution in [0.4, 0.5) is 13.6 Å². The smallest absolute Gasteiger partial charge is 0.317 e. The minimum absolute atomic E-state index is 0.122. The van der Waals surface area contributed by atoms with Crippen molar-refractivity contribution >= 4 is 23.8 Å². The Morgan fingerprint density at radius 1 is 1.28 bits per heavy atom. The third-order valence-corrected chi connectivity index (χ3v) is 5.81. The van der Waals surface area contributed by atoms with Gasteiger partial charge in [0.2, 0.25) is 11.8 Å². The van der Waals surface area contributed by atoms with E-state index >= 15 is 0 Å². The van der Waals surface area contributed by atoms with E-state index in [2.05, 4.69) is 10.6 Å². The van der Waals surface area contributed by atoms with Gasteiger partial charge in [-0.05, 0) is 29.7 Å². The third-order valence-electron chi connectivity index (χ3n) is 5.81. The van der Waals surface area contributed by atoms with E-state index in [0.29, 0.717) is 11.1 Å². The number of hydrogen-bond acceptors (Lipinski definition) is 4. The molecule has 3 aliphatic rings. The number of hydrogen-bond donors (Lipinski definition) is 2. The molecule has 168 valence electrons. The lowest BCUT2D eigenvalue weighted by atomic mass is 10.0. The number of piperidine rings is 1. The standard InChI is InChI=1S/C22H22F2N4O4/c1-27(22(32)25-15-8-13(23)7-14(24)9-15)10-12-3-2-4-16-17(12)11-28(21(16)31)18-5-6-19(29)26-20(18)30/h2-4,7-8,15,18H,5-6,9-11H2,1H3,(H,25,32)(H,26,29,30). The number of allylic oxidation sites excluding steroid dienone is 2. The molecule has 10 heteroatoms. The molecule has 2 unspecified atom stereocenters. The van der Waals surface area contributed by atoms with Crippen molar-refractivity contribution in [1.82, 2.24) is 20.4 Å². The number of amides is 5. The van der Waals surface area contributed by atoms with Gasteiger partial charge in [0.25, 0.3) is 5.91 Å². The van der Waals surface area contributed by atoms with Gasteiger partial charge in [-0.2, -0.15) is 0 Å². The number of carbonyl (C=O) groups is 4. The zero-order valence-corrected chi connectivity index (χ0v) is 17.4. The number of carbonyl (C=O) groups excluding carboxylic acids is 4. The molecular weight excluding hydrogens is 422 g/mol. The predicted octanol–water partition coefficient (Wildman–Crippen LogP) is 2.07. The van der Waals surface area contributed by atoms with Crippen LogP contribution in [-0.4, -0.2) is 52.7 Å². The minimum atomic E-state index is -0.791. The Bertz CT molecular complexity index is 1070. The Labute approximate surface area is 182 Å². The maximum absolute atomic E-state index is 13.4. The highest BCUT2D eigenvalue weighted by atomic mass is 19.1. The summed E-state index contributed by atoms with van der Waals surface area (Å²) in [5.41, 5.74) is 1.88. The highest BCUT2D eigenvalue weighted by Crippen LogP contribution is 2.30. The van der Waals surface area contributed by atoms with E-state index in [1.54, 1.807) is 25.2 Å². The van der Waals surface area contributed by atoms with Gasteiger partial charge in [-0.25, -0.2) is 13.6 Å². The molecule has 0 saturated carbocycles. The van der Waals surface area contributed by atoms with Gasteiger partial charge in [-0.15, -0.1) is 0 Å². The summed E-state index contributed by atoms with van der Waals surface area (Å²) in [6.07, 6.45) is 2.23. The van der Waals surface area contributed by atoms with Crippen LogP contribution in [0.1, 0.15) is 40.7 Å². The average Bonchev–Trinajstić information content (AvgIpc) is 3.05. The Morgan fingerprint density at radius 2 is 2.06 bits per heavy atom. The van der Waals surface area contributed by atoms with Crippen LogP contribution in [0.3, 0.4) is 0 Å². The van der Waals surface area contributed by atoms with E-state index < -0.39 is 35.7 Å². The van der Waals surface area contributed by atoms with Gasteiger partial charge in [-0.3, -0.25) is 19.7 Å². The molecule has 0 aromatic heterocycles. The van der Waals surface area contributed by atoms with Gasteiger partial charge in [-0.1, -0.05) is 12.1 Å². The van der Waals surface area contributed by atoms with Gasteiger partial charge in [0.05, 0.1) is 6.04 Å². The Kier molecular flexibility index (Phi) is 5.77. The third kappa shape index (κ3) is 4.25. The van der Waals surface area contributed by atoms with E-state index in [0.717, 1.165) is 17.7 Å². The molecular formula is C22H22F2N4O4. The second kappa shape index (κ2) is 8.52. The number of nitrogens with zero attached hydrogens (tertiary/aromatic N) is 2. The van der Waals surface area contributed by atoms with Crippen LogP contribution in [0.5, 0.6) is 0 Å². The largest absolute Gasteiger partial charge is 0.331 e. The van der Waals surface area contributed by atoms with E-state index in [-0.39, 0.29) is 44.2 Å². The molecule has 0 radical (unpaired) electrons. The summed E-state index contributed by atoms with van der Waals surface area (Å²) >= 11 is 0. The summed E-state index contributed by atoms with van der Waals surface area (Å²) in [5, 5.41) is 4.84. The molecule has 1 aromatic rings. The summed E-state index contributed by atoms with van der Waals surface area (Å²) < 4.78 is 26.8. The van der Waals surface area contributed by atoms with Crippen molar-refractivity contribution < 1.29 is 28.0 Å². The van der Waals surface area contributed by atoms with Crippen molar-refractivity contribution in [3.8, 4) is 0 Å². The van der Waals surface area contributed by atoms with Crippen LogP contribution in [0, 0.1) is 0 Å². The number of urea groups is 1. The molecule has 2 heterocycles. The predicted molar refractivity (Wildman–Crippen MR) is 109 cm³/mol. The molecule has 1 aromatic carbocycles. The normalized spacial score (nSPS) is 22.7. The summed E-state index contributed by atoms with van der Waals surface area (Å²) in [6.45, 7) is 0.349. The highest BCUT2D eigenvalue weighted by Gasteiger charge is 2.39. The van der Waals surface area contributed by atoms with Crippen molar-refractivity contribution in [2.45, 2.75) is 44.4 Å². The number of nitrogens with one attached hydrogen (secondary N) is 2. The molecule has 1 fully saturated rings. The maximum atomic E-state index is 13.4. The molecule has 0 bridgehead atoms. The van der Waals surface area contributed by atoms with Crippen LogP contribution in [0.15, 0.2) is 42.0 Å². The van der Waals surface area contributed by atoms with Crippen LogP contribution < -0.4 is 10.6 Å². The zero-order chi connectivity index (χ0) is 23.0. The monoisotopic (exact) mass is 444 g/mol. The van der Waals surface area contributed by atoms with Crippen molar-refractivity contribution in [2.75, 3.05) is 7.05 Å². The van der Waals surface area contributed by atoms with Crippen molar-refractivity contribution in [3.05, 3.63) is 58.7 Å². The molecule has 4 rings (SSSR count). The second-order valence-electron chi connectivity index (χ2n) is 8.10. The fourth-order valence-corrected chi connectivity index (χ4v) is 4.20. The molecule has 2 aliphatic heterocycles. The van der Waals surface area contributed by atoms with E-state index in [1.807, 2.05) is 0 Å². The van der Waals surface area contributed by atoms with E-state index in [1.165, 1.54) is 9.80 Å². The molecule has 1 saturated heterocycles. The summed E-state index contributed by atoms with van der Waals surface area (Å²) in [7, 11) is 1.54. The quantitative estimate of drug-likeness (QED) is 0.695. The molecule has 1 aliphatic carbocycles. The van der Waals surface area contributed by atoms with Crippen LogP contribution >= 0.6 is 0 Å². The first-order valence-corrected chi connectivity index (χ1v) is 10.2. The number of benzene rings is 1. The molecule has 32 heavy (non-hydrogen) atoms. The molecule has 8 nitrogen and oxygen atoms in total. The SMILES string of the molecule is CN(Cc1cccc2c1CN(C1CCC(=O)NC1=O)C2=O)C(=O)NC1C=C(F)C=C(F)C1. The maximum Gasteiger partial charge on any atom is 0.317 e. The lowest BCUT2D eigenvalue weighted by Crippen LogP contribution is -2.52. The zero-order valence-electron chi connectivity index (χ0n) is 17.4. The van der Waals surface area contributed by atoms with Crippen molar-refractivity contribution in [3.63, 3.8) is 0 Å². The van der Waals surface area contributed by atoms with Gasteiger partial charge < -0.3 is 15.1 Å². The first-order chi connectivity index (χ1) is 15.2. The van der Waals surface area contributed by atoms with Crippen LogP contribution in [-0.2, 0) is 22.7 Å². The fraction of sp³-hybridized carbons (Fsp3) is 0.364. The number of rotatable bonds is 4. The molecule has 0 spiro atoms. The van der Waals surface area contributed by atoms with E-state index in [4.69, 9.17) is 0 Å². The van der Waals surface area contributed by atoms with Gasteiger partial charge in [0.15, 0.2) is 0 Å². The van der Waals surface area contributed by atoms with E-state index in [9.17, 15) is 28.0 Å². The lowest BCUT2D eigenvalue weighted by molar-refractivity contribution is -0.136.